The van der Waals surface area contributed by atoms with Gasteiger partial charge >= 0.3 is 6.16 Å². The molecule has 0 radical (unpaired) electrons. The highest BCUT2D eigenvalue weighted by Crippen LogP contribution is 2.23. The molecule has 0 saturated carbocycles. The number of hydrogen-bond acceptors (Lipinski definition) is 5. The van der Waals surface area contributed by atoms with Crippen LogP contribution in [-0.4, -0.2) is 24.3 Å². The maximum atomic E-state index is 10.8. The standard InChI is InChI=1S/C9H20N2O3.C2H6/c1-8(2,11-5)6-9(3,4)13-7(12)14-10;1-2/h11H,6,10H2,1-5H3;1-2H3. The van der Waals surface area contributed by atoms with Crippen LogP contribution in [0.2, 0.25) is 0 Å². The Balaban J connectivity index is 0. The lowest BCUT2D eigenvalue weighted by Gasteiger charge is -2.33. The fraction of sp³-hybridized carbons (Fsp3) is 0.909. The SMILES string of the molecule is CC.CNC(C)(C)CC(C)(C)OC(=O)ON. The quantitative estimate of drug-likeness (QED) is 0.576. The molecule has 0 aliphatic rings. The van der Waals surface area contributed by atoms with Crippen molar-refractivity contribution in [2.45, 2.75) is 59.1 Å². The lowest BCUT2D eigenvalue weighted by molar-refractivity contribution is -0.0307. The van der Waals surface area contributed by atoms with Crippen LogP contribution in [0.25, 0.3) is 0 Å². The van der Waals surface area contributed by atoms with Crippen molar-refractivity contribution >= 4 is 6.16 Å². The topological polar surface area (TPSA) is 73.6 Å². The van der Waals surface area contributed by atoms with Gasteiger partial charge in [0, 0.05) is 12.0 Å². The van der Waals surface area contributed by atoms with Crippen molar-refractivity contribution in [3.8, 4) is 0 Å². The number of nitrogens with one attached hydrogen (secondary N) is 1. The Morgan fingerprint density at radius 1 is 1.25 bits per heavy atom. The van der Waals surface area contributed by atoms with Gasteiger partial charge in [0.2, 0.25) is 0 Å². The van der Waals surface area contributed by atoms with Crippen LogP contribution in [0.5, 0.6) is 0 Å². The zero-order valence-electron chi connectivity index (χ0n) is 11.5. The average Bonchev–Trinajstić information content (AvgIpc) is 2.18. The molecule has 0 rings (SSSR count). The van der Waals surface area contributed by atoms with E-state index in [4.69, 9.17) is 4.74 Å². The Morgan fingerprint density at radius 3 is 2.00 bits per heavy atom. The summed E-state index contributed by atoms with van der Waals surface area (Å²) in [6.07, 6.45) is -0.201. The van der Waals surface area contributed by atoms with Crippen LogP contribution in [0.1, 0.15) is 48.0 Å². The molecule has 0 saturated heterocycles. The van der Waals surface area contributed by atoms with Crippen molar-refractivity contribution in [3.05, 3.63) is 0 Å². The van der Waals surface area contributed by atoms with Crippen molar-refractivity contribution < 1.29 is 14.4 Å². The molecule has 0 fully saturated rings. The third kappa shape index (κ3) is 8.49. The van der Waals surface area contributed by atoms with Gasteiger partial charge in [-0.25, -0.2) is 4.79 Å². The second kappa shape index (κ2) is 7.46. The minimum atomic E-state index is -0.859. The summed E-state index contributed by atoms with van der Waals surface area (Å²) in [5.41, 5.74) is -0.721. The monoisotopic (exact) mass is 234 g/mol. The zero-order chi connectivity index (χ0) is 13.4. The molecule has 0 aromatic heterocycles. The summed E-state index contributed by atoms with van der Waals surface area (Å²) < 4.78 is 5.00. The van der Waals surface area contributed by atoms with Crippen LogP contribution in [0, 0.1) is 0 Å². The molecular formula is C11H26N2O3. The van der Waals surface area contributed by atoms with E-state index >= 15 is 0 Å². The fourth-order valence-corrected chi connectivity index (χ4v) is 1.44. The summed E-state index contributed by atoms with van der Waals surface area (Å²) in [6.45, 7) is 11.7. The van der Waals surface area contributed by atoms with E-state index in [9.17, 15) is 4.79 Å². The average molecular weight is 234 g/mol. The molecule has 0 atom stereocenters. The third-order valence-electron chi connectivity index (χ3n) is 2.00. The molecule has 0 aromatic carbocycles. The highest BCUT2D eigenvalue weighted by atomic mass is 16.8. The molecule has 0 heterocycles. The Morgan fingerprint density at radius 2 is 1.69 bits per heavy atom. The highest BCUT2D eigenvalue weighted by molar-refractivity contribution is 5.59. The number of rotatable bonds is 4. The van der Waals surface area contributed by atoms with Gasteiger partial charge in [0.05, 0.1) is 0 Å². The van der Waals surface area contributed by atoms with E-state index in [0.29, 0.717) is 6.42 Å². The van der Waals surface area contributed by atoms with Crippen LogP contribution in [-0.2, 0) is 9.57 Å². The minimum Gasteiger partial charge on any atom is -0.427 e. The second-order valence-corrected chi connectivity index (χ2v) is 4.54. The molecule has 0 bridgehead atoms. The van der Waals surface area contributed by atoms with Crippen LogP contribution in [0.4, 0.5) is 4.79 Å². The fourth-order valence-electron chi connectivity index (χ4n) is 1.44. The summed E-state index contributed by atoms with van der Waals surface area (Å²) in [4.78, 5) is 14.8. The molecule has 0 aliphatic heterocycles. The van der Waals surface area contributed by atoms with Crippen LogP contribution < -0.4 is 11.2 Å². The Kier molecular flexibility index (Phi) is 8.20. The van der Waals surface area contributed by atoms with Crippen LogP contribution in [0.3, 0.4) is 0 Å². The third-order valence-corrected chi connectivity index (χ3v) is 2.00. The molecule has 0 amide bonds. The molecule has 0 unspecified atom stereocenters. The number of ether oxygens (including phenoxy) is 1. The van der Waals surface area contributed by atoms with E-state index in [-0.39, 0.29) is 5.54 Å². The molecule has 5 heteroatoms. The summed E-state index contributed by atoms with van der Waals surface area (Å²) >= 11 is 0. The number of hydrogen-bond donors (Lipinski definition) is 2. The lowest BCUT2D eigenvalue weighted by Crippen LogP contribution is -2.44. The predicted molar refractivity (Wildman–Crippen MR) is 64.9 cm³/mol. The highest BCUT2D eigenvalue weighted by Gasteiger charge is 2.31. The number of nitrogens with two attached hydrogens (primary N) is 1. The molecule has 0 spiro atoms. The molecule has 3 N–H and O–H groups in total. The van der Waals surface area contributed by atoms with Gasteiger partial charge in [-0.15, -0.1) is 0 Å². The zero-order valence-corrected chi connectivity index (χ0v) is 11.5. The molecule has 0 aliphatic carbocycles. The summed E-state index contributed by atoms with van der Waals surface area (Å²) in [5, 5.41) is 3.13. The predicted octanol–water partition coefficient (Wildman–Crippen LogP) is 2.21. The maximum absolute atomic E-state index is 10.8. The van der Waals surface area contributed by atoms with Gasteiger partial charge in [-0.1, -0.05) is 13.8 Å². The number of carbonyl (C=O) groups excluding carboxylic acids is 1. The van der Waals surface area contributed by atoms with Crippen LogP contribution in [0.15, 0.2) is 0 Å². The molecule has 98 valence electrons. The van der Waals surface area contributed by atoms with Gasteiger partial charge in [0.25, 0.3) is 0 Å². The second-order valence-electron chi connectivity index (χ2n) is 4.54. The van der Waals surface area contributed by atoms with Crippen molar-refractivity contribution in [3.63, 3.8) is 0 Å². The van der Waals surface area contributed by atoms with Crippen molar-refractivity contribution in [2.24, 2.45) is 5.90 Å². The Hall–Kier alpha value is -0.810. The lowest BCUT2D eigenvalue weighted by atomic mass is 9.89. The minimum absolute atomic E-state index is 0.113. The largest absolute Gasteiger partial charge is 0.528 e. The van der Waals surface area contributed by atoms with Crippen LogP contribution >= 0.6 is 0 Å². The van der Waals surface area contributed by atoms with Gasteiger partial charge in [-0.05, 0) is 34.7 Å². The molecular weight excluding hydrogens is 208 g/mol. The van der Waals surface area contributed by atoms with Crippen molar-refractivity contribution in [1.82, 2.24) is 5.32 Å². The summed E-state index contributed by atoms with van der Waals surface area (Å²) in [6, 6.07) is 0. The molecule has 5 nitrogen and oxygen atoms in total. The first-order valence-electron chi connectivity index (χ1n) is 5.51. The van der Waals surface area contributed by atoms with E-state index in [1.165, 1.54) is 0 Å². The Bertz CT molecular complexity index is 203. The first-order valence-corrected chi connectivity index (χ1v) is 5.51. The van der Waals surface area contributed by atoms with Gasteiger partial charge in [-0.3, -0.25) is 0 Å². The van der Waals surface area contributed by atoms with Gasteiger partial charge in [0.1, 0.15) is 5.60 Å². The molecule has 0 aromatic rings. The summed E-state index contributed by atoms with van der Waals surface area (Å²) in [7, 11) is 1.86. The first-order chi connectivity index (χ1) is 7.22. The van der Waals surface area contributed by atoms with E-state index in [1.807, 2.05) is 48.6 Å². The van der Waals surface area contributed by atoms with Gasteiger partial charge in [-0.2, -0.15) is 5.90 Å². The smallest absolute Gasteiger partial charge is 0.427 e. The normalized spacial score (nSPS) is 11.2. The number of carbonyl (C=O) groups is 1. The first kappa shape index (κ1) is 17.6. The van der Waals surface area contributed by atoms with Crippen molar-refractivity contribution in [2.75, 3.05) is 7.05 Å². The maximum Gasteiger partial charge on any atom is 0.528 e. The Labute approximate surface area is 98.6 Å². The van der Waals surface area contributed by atoms with Gasteiger partial charge in [0.15, 0.2) is 0 Å². The van der Waals surface area contributed by atoms with E-state index in [1.54, 1.807) is 0 Å². The summed E-state index contributed by atoms with van der Waals surface area (Å²) in [5.74, 6) is 4.69. The van der Waals surface area contributed by atoms with E-state index < -0.39 is 11.8 Å². The molecule has 16 heavy (non-hydrogen) atoms. The van der Waals surface area contributed by atoms with E-state index in [0.717, 1.165) is 0 Å². The van der Waals surface area contributed by atoms with E-state index in [2.05, 4.69) is 16.1 Å². The van der Waals surface area contributed by atoms with Crippen molar-refractivity contribution in [1.29, 1.82) is 0 Å². The van der Waals surface area contributed by atoms with Gasteiger partial charge < -0.3 is 14.9 Å².